The Hall–Kier alpha value is -1.55. The number of unbranched alkanes of at least 4 members (excludes halogenated alkanes) is 1. The molecule has 1 aromatic carbocycles. The van der Waals surface area contributed by atoms with Gasteiger partial charge < -0.3 is 15.5 Å². The monoisotopic (exact) mass is 205 g/mol. The van der Waals surface area contributed by atoms with Crippen molar-refractivity contribution >= 4 is 17.1 Å². The molecule has 2 aromatic rings. The van der Waals surface area contributed by atoms with Crippen LogP contribution in [0.25, 0.3) is 11.1 Å². The number of benzene rings is 1. The Morgan fingerprint density at radius 2 is 2.13 bits per heavy atom. The molecule has 0 unspecified atom stereocenters. The van der Waals surface area contributed by atoms with Gasteiger partial charge in [0.25, 0.3) is 6.01 Å². The summed E-state index contributed by atoms with van der Waals surface area (Å²) in [6.07, 6.45) is 2.06. The van der Waals surface area contributed by atoms with Crippen molar-refractivity contribution in [3.63, 3.8) is 0 Å². The summed E-state index contributed by atoms with van der Waals surface area (Å²) in [4.78, 5) is 4.30. The Bertz CT molecular complexity index is 391. The average molecular weight is 205 g/mol. The fourth-order valence-electron chi connectivity index (χ4n) is 1.41. The zero-order valence-electron chi connectivity index (χ0n) is 8.57. The predicted octanol–water partition coefficient (Wildman–Crippen LogP) is 1.98. The smallest absolute Gasteiger partial charge is 0.295 e. The van der Waals surface area contributed by atoms with E-state index in [1.807, 2.05) is 24.3 Å². The highest BCUT2D eigenvalue weighted by molar-refractivity contribution is 5.74. The zero-order valence-corrected chi connectivity index (χ0v) is 8.57. The lowest BCUT2D eigenvalue weighted by molar-refractivity contribution is 0.610. The summed E-state index contributed by atoms with van der Waals surface area (Å²) < 4.78 is 5.49. The molecular weight excluding hydrogens is 190 g/mol. The molecule has 3 N–H and O–H groups in total. The van der Waals surface area contributed by atoms with E-state index < -0.39 is 0 Å². The molecule has 0 amide bonds. The zero-order chi connectivity index (χ0) is 10.5. The summed E-state index contributed by atoms with van der Waals surface area (Å²) in [5, 5.41) is 3.14. The van der Waals surface area contributed by atoms with E-state index in [0.29, 0.717) is 6.01 Å². The summed E-state index contributed by atoms with van der Waals surface area (Å²) in [6.45, 7) is 1.58. The highest BCUT2D eigenvalue weighted by Gasteiger charge is 2.02. The maximum absolute atomic E-state index is 5.49. The van der Waals surface area contributed by atoms with Gasteiger partial charge in [-0.15, -0.1) is 0 Å². The molecule has 0 saturated heterocycles. The van der Waals surface area contributed by atoms with Gasteiger partial charge in [0.2, 0.25) is 0 Å². The lowest BCUT2D eigenvalue weighted by Gasteiger charge is -1.98. The van der Waals surface area contributed by atoms with E-state index in [-0.39, 0.29) is 0 Å². The highest BCUT2D eigenvalue weighted by atomic mass is 16.4. The summed E-state index contributed by atoms with van der Waals surface area (Å²) in [5.41, 5.74) is 7.11. The van der Waals surface area contributed by atoms with Crippen LogP contribution in [0.2, 0.25) is 0 Å². The normalized spacial score (nSPS) is 10.7. The first-order chi connectivity index (χ1) is 7.40. The molecule has 0 aliphatic rings. The first-order valence-electron chi connectivity index (χ1n) is 5.19. The predicted molar refractivity (Wildman–Crippen MR) is 60.8 cm³/mol. The number of hydrogen-bond donors (Lipinski definition) is 2. The van der Waals surface area contributed by atoms with Crippen LogP contribution in [0.5, 0.6) is 0 Å². The van der Waals surface area contributed by atoms with Crippen molar-refractivity contribution in [2.75, 3.05) is 18.4 Å². The molecule has 0 aliphatic carbocycles. The number of nitrogens with two attached hydrogens (primary N) is 1. The molecule has 0 spiro atoms. The van der Waals surface area contributed by atoms with Gasteiger partial charge in [-0.1, -0.05) is 12.1 Å². The number of rotatable bonds is 5. The molecule has 0 radical (unpaired) electrons. The molecular formula is C11H15N3O. The van der Waals surface area contributed by atoms with Gasteiger partial charge in [-0.05, 0) is 31.5 Å². The Kier molecular flexibility index (Phi) is 3.19. The van der Waals surface area contributed by atoms with Crippen molar-refractivity contribution in [3.05, 3.63) is 24.3 Å². The summed E-state index contributed by atoms with van der Waals surface area (Å²) in [7, 11) is 0. The Labute approximate surface area is 88.5 Å². The number of nitrogens with zero attached hydrogens (tertiary/aromatic N) is 1. The van der Waals surface area contributed by atoms with E-state index >= 15 is 0 Å². The maximum Gasteiger partial charge on any atom is 0.295 e. The lowest BCUT2D eigenvalue weighted by atomic mass is 10.3. The standard InChI is InChI=1S/C11H15N3O/c12-7-3-4-8-13-11-14-9-5-1-2-6-10(9)15-11/h1-2,5-6H,3-4,7-8,12H2,(H,13,14). The Balaban J connectivity index is 1.97. The highest BCUT2D eigenvalue weighted by Crippen LogP contribution is 2.17. The molecule has 2 rings (SSSR count). The number of fused-ring (bicyclic) bond motifs is 1. The topological polar surface area (TPSA) is 64.1 Å². The van der Waals surface area contributed by atoms with Gasteiger partial charge in [-0.3, -0.25) is 0 Å². The van der Waals surface area contributed by atoms with Crippen LogP contribution in [0.1, 0.15) is 12.8 Å². The minimum atomic E-state index is 0.591. The lowest BCUT2D eigenvalue weighted by Crippen LogP contribution is -2.05. The first-order valence-corrected chi connectivity index (χ1v) is 5.19. The molecule has 0 atom stereocenters. The number of aromatic nitrogens is 1. The van der Waals surface area contributed by atoms with Crippen molar-refractivity contribution in [3.8, 4) is 0 Å². The Morgan fingerprint density at radius 3 is 2.93 bits per heavy atom. The van der Waals surface area contributed by atoms with Crippen LogP contribution >= 0.6 is 0 Å². The summed E-state index contributed by atoms with van der Waals surface area (Å²) >= 11 is 0. The third-order valence-electron chi connectivity index (χ3n) is 2.20. The quantitative estimate of drug-likeness (QED) is 0.732. The molecule has 80 valence electrons. The van der Waals surface area contributed by atoms with E-state index in [4.69, 9.17) is 10.2 Å². The number of nitrogens with one attached hydrogen (secondary N) is 1. The second-order valence-corrected chi connectivity index (χ2v) is 3.41. The van der Waals surface area contributed by atoms with Gasteiger partial charge in [0.15, 0.2) is 5.58 Å². The number of hydrogen-bond acceptors (Lipinski definition) is 4. The third kappa shape index (κ3) is 2.47. The molecule has 4 nitrogen and oxygen atoms in total. The van der Waals surface area contributed by atoms with Crippen molar-refractivity contribution in [2.45, 2.75) is 12.8 Å². The average Bonchev–Trinajstić information content (AvgIpc) is 2.67. The molecule has 1 aromatic heterocycles. The minimum absolute atomic E-state index is 0.591. The van der Waals surface area contributed by atoms with Gasteiger partial charge in [0.1, 0.15) is 5.52 Å². The van der Waals surface area contributed by atoms with Crippen LogP contribution < -0.4 is 11.1 Å². The number of anilines is 1. The van der Waals surface area contributed by atoms with Crippen LogP contribution in [-0.4, -0.2) is 18.1 Å². The SMILES string of the molecule is NCCCCNc1nc2ccccc2o1. The summed E-state index contributed by atoms with van der Waals surface area (Å²) in [5.74, 6) is 0. The summed E-state index contributed by atoms with van der Waals surface area (Å²) in [6, 6.07) is 8.32. The van der Waals surface area contributed by atoms with Crippen LogP contribution in [0.4, 0.5) is 6.01 Å². The van der Waals surface area contributed by atoms with Crippen LogP contribution in [0.3, 0.4) is 0 Å². The van der Waals surface area contributed by atoms with Crippen molar-refractivity contribution in [2.24, 2.45) is 5.73 Å². The molecule has 0 bridgehead atoms. The van der Waals surface area contributed by atoms with E-state index in [1.54, 1.807) is 0 Å². The largest absolute Gasteiger partial charge is 0.424 e. The van der Waals surface area contributed by atoms with Crippen LogP contribution in [0, 0.1) is 0 Å². The molecule has 0 fully saturated rings. The minimum Gasteiger partial charge on any atom is -0.424 e. The van der Waals surface area contributed by atoms with Crippen LogP contribution in [-0.2, 0) is 0 Å². The third-order valence-corrected chi connectivity index (χ3v) is 2.20. The van der Waals surface area contributed by atoms with Gasteiger partial charge in [0, 0.05) is 6.54 Å². The fourth-order valence-corrected chi connectivity index (χ4v) is 1.41. The van der Waals surface area contributed by atoms with Gasteiger partial charge in [-0.2, -0.15) is 4.98 Å². The van der Waals surface area contributed by atoms with Gasteiger partial charge in [-0.25, -0.2) is 0 Å². The van der Waals surface area contributed by atoms with E-state index in [2.05, 4.69) is 10.3 Å². The second kappa shape index (κ2) is 4.79. The van der Waals surface area contributed by atoms with E-state index in [1.165, 1.54) is 0 Å². The maximum atomic E-state index is 5.49. The second-order valence-electron chi connectivity index (χ2n) is 3.41. The van der Waals surface area contributed by atoms with E-state index in [9.17, 15) is 0 Å². The van der Waals surface area contributed by atoms with Crippen molar-refractivity contribution < 1.29 is 4.42 Å². The van der Waals surface area contributed by atoms with Gasteiger partial charge >= 0.3 is 0 Å². The first kappa shape index (κ1) is 9.98. The molecule has 0 aliphatic heterocycles. The fraction of sp³-hybridized carbons (Fsp3) is 0.364. The van der Waals surface area contributed by atoms with Crippen molar-refractivity contribution in [1.82, 2.24) is 4.98 Å². The van der Waals surface area contributed by atoms with Crippen LogP contribution in [0.15, 0.2) is 28.7 Å². The number of para-hydroxylation sites is 2. The molecule has 0 saturated carbocycles. The van der Waals surface area contributed by atoms with Crippen molar-refractivity contribution in [1.29, 1.82) is 0 Å². The Morgan fingerprint density at radius 1 is 1.27 bits per heavy atom. The molecule has 15 heavy (non-hydrogen) atoms. The van der Waals surface area contributed by atoms with Gasteiger partial charge in [0.05, 0.1) is 0 Å². The molecule has 4 heteroatoms. The van der Waals surface area contributed by atoms with E-state index in [0.717, 1.165) is 37.0 Å². The molecule has 1 heterocycles. The number of oxazole rings is 1.